The zero-order chi connectivity index (χ0) is 10.2. The first-order chi connectivity index (χ1) is 6.83. The van der Waals surface area contributed by atoms with Crippen molar-refractivity contribution in [1.82, 2.24) is 10.2 Å². The Kier molecular flexibility index (Phi) is 5.62. The van der Waals surface area contributed by atoms with Crippen LogP contribution in [0.2, 0.25) is 0 Å². The molecule has 14 heavy (non-hydrogen) atoms. The van der Waals surface area contributed by atoms with Gasteiger partial charge in [-0.15, -0.1) is 6.42 Å². The molecule has 0 aromatic rings. The van der Waals surface area contributed by atoms with Gasteiger partial charge in [0, 0.05) is 13.1 Å². The van der Waals surface area contributed by atoms with Gasteiger partial charge >= 0.3 is 0 Å². The molecule has 0 bridgehead atoms. The molecule has 0 amide bonds. The standard InChI is InChI=1S/C6H9N.C5H11NO/c1-2-6-4-3-5-7-6;1-6-2-4-7-5-3-6/h1,6-7H,3-5H2;2-5H2,1H3. The van der Waals surface area contributed by atoms with E-state index in [1.165, 1.54) is 6.42 Å². The van der Waals surface area contributed by atoms with E-state index in [4.69, 9.17) is 11.2 Å². The second kappa shape index (κ2) is 6.83. The predicted octanol–water partition coefficient (Wildman–Crippen LogP) is 0.320. The summed E-state index contributed by atoms with van der Waals surface area (Å²) < 4.78 is 5.10. The van der Waals surface area contributed by atoms with E-state index >= 15 is 0 Å². The maximum atomic E-state index is 5.12. The Labute approximate surface area is 86.8 Å². The van der Waals surface area contributed by atoms with Crippen LogP contribution in [0.5, 0.6) is 0 Å². The van der Waals surface area contributed by atoms with Gasteiger partial charge in [0.1, 0.15) is 0 Å². The molecule has 2 aliphatic rings. The smallest absolute Gasteiger partial charge is 0.0687 e. The second-order valence-electron chi connectivity index (χ2n) is 3.73. The summed E-state index contributed by atoms with van der Waals surface area (Å²) in [7, 11) is 2.11. The summed E-state index contributed by atoms with van der Waals surface area (Å²) in [5.41, 5.74) is 0. The van der Waals surface area contributed by atoms with Gasteiger partial charge in [-0.25, -0.2) is 0 Å². The topological polar surface area (TPSA) is 24.5 Å². The molecule has 2 aliphatic heterocycles. The van der Waals surface area contributed by atoms with Crippen LogP contribution in [0.4, 0.5) is 0 Å². The van der Waals surface area contributed by atoms with Crippen LogP contribution < -0.4 is 5.32 Å². The van der Waals surface area contributed by atoms with E-state index in [0.717, 1.165) is 39.3 Å². The van der Waals surface area contributed by atoms with Gasteiger partial charge in [0.25, 0.3) is 0 Å². The highest BCUT2D eigenvalue weighted by Gasteiger charge is 2.08. The molecule has 0 aromatic heterocycles. The van der Waals surface area contributed by atoms with Gasteiger partial charge in [-0.05, 0) is 26.4 Å². The van der Waals surface area contributed by atoms with Crippen LogP contribution in [-0.2, 0) is 4.74 Å². The van der Waals surface area contributed by atoms with E-state index in [1.807, 2.05) is 0 Å². The molecule has 2 fully saturated rings. The fraction of sp³-hybridized carbons (Fsp3) is 0.818. The van der Waals surface area contributed by atoms with Gasteiger partial charge in [-0.2, -0.15) is 0 Å². The molecule has 2 rings (SSSR count). The van der Waals surface area contributed by atoms with E-state index < -0.39 is 0 Å². The highest BCUT2D eigenvalue weighted by atomic mass is 16.5. The minimum atomic E-state index is 0.375. The Morgan fingerprint density at radius 2 is 2.14 bits per heavy atom. The van der Waals surface area contributed by atoms with Gasteiger partial charge in [-0.1, -0.05) is 5.92 Å². The lowest BCUT2D eigenvalue weighted by molar-refractivity contribution is 0.0503. The SMILES string of the molecule is C#CC1CCCN1.CN1CCOCC1. The minimum absolute atomic E-state index is 0.375. The van der Waals surface area contributed by atoms with Gasteiger partial charge in [0.15, 0.2) is 0 Å². The summed E-state index contributed by atoms with van der Waals surface area (Å²) in [6.45, 7) is 5.13. The summed E-state index contributed by atoms with van der Waals surface area (Å²) in [4.78, 5) is 2.27. The Morgan fingerprint density at radius 1 is 1.43 bits per heavy atom. The quantitative estimate of drug-likeness (QED) is 0.565. The van der Waals surface area contributed by atoms with Crippen molar-refractivity contribution in [3.05, 3.63) is 0 Å². The van der Waals surface area contributed by atoms with E-state index in [9.17, 15) is 0 Å². The molecular formula is C11H20N2O. The Balaban J connectivity index is 0.000000140. The summed E-state index contributed by atoms with van der Waals surface area (Å²) >= 11 is 0. The van der Waals surface area contributed by atoms with Crippen molar-refractivity contribution >= 4 is 0 Å². The molecule has 1 atom stereocenters. The monoisotopic (exact) mass is 196 g/mol. The maximum absolute atomic E-state index is 5.12. The van der Waals surface area contributed by atoms with Crippen LogP contribution in [0.1, 0.15) is 12.8 Å². The normalized spacial score (nSPS) is 27.6. The molecule has 3 heteroatoms. The molecule has 0 spiro atoms. The van der Waals surface area contributed by atoms with Crippen molar-refractivity contribution in [1.29, 1.82) is 0 Å². The Bertz CT molecular complexity index is 176. The fourth-order valence-corrected chi connectivity index (χ4v) is 1.48. The molecule has 0 radical (unpaired) electrons. The summed E-state index contributed by atoms with van der Waals surface area (Å²) in [5.74, 6) is 2.65. The number of morpholine rings is 1. The first kappa shape index (κ1) is 11.5. The molecule has 1 unspecified atom stereocenters. The second-order valence-corrected chi connectivity index (χ2v) is 3.73. The van der Waals surface area contributed by atoms with E-state index in [1.54, 1.807) is 0 Å². The zero-order valence-electron chi connectivity index (χ0n) is 8.96. The Morgan fingerprint density at radius 3 is 2.43 bits per heavy atom. The molecule has 2 heterocycles. The zero-order valence-corrected chi connectivity index (χ0v) is 8.96. The lowest BCUT2D eigenvalue weighted by Gasteiger charge is -2.21. The lowest BCUT2D eigenvalue weighted by atomic mass is 10.2. The van der Waals surface area contributed by atoms with Crippen LogP contribution >= 0.6 is 0 Å². The fourth-order valence-electron chi connectivity index (χ4n) is 1.48. The van der Waals surface area contributed by atoms with Crippen LogP contribution in [0.25, 0.3) is 0 Å². The lowest BCUT2D eigenvalue weighted by Crippen LogP contribution is -2.32. The van der Waals surface area contributed by atoms with Crippen molar-refractivity contribution in [2.45, 2.75) is 18.9 Å². The van der Waals surface area contributed by atoms with Gasteiger partial charge in [0.05, 0.1) is 19.3 Å². The van der Waals surface area contributed by atoms with Crippen LogP contribution in [0, 0.1) is 12.3 Å². The molecule has 0 aromatic carbocycles. The highest BCUT2D eigenvalue weighted by molar-refractivity contribution is 5.00. The van der Waals surface area contributed by atoms with E-state index in [2.05, 4.69) is 23.2 Å². The molecule has 1 N–H and O–H groups in total. The molecule has 80 valence electrons. The largest absolute Gasteiger partial charge is 0.379 e. The first-order valence-electron chi connectivity index (χ1n) is 5.28. The van der Waals surface area contributed by atoms with Crippen molar-refractivity contribution in [2.24, 2.45) is 0 Å². The van der Waals surface area contributed by atoms with Crippen LogP contribution in [-0.4, -0.2) is 50.8 Å². The third-order valence-electron chi connectivity index (χ3n) is 2.50. The number of ether oxygens (including phenoxy) is 1. The van der Waals surface area contributed by atoms with Crippen LogP contribution in [0.3, 0.4) is 0 Å². The van der Waals surface area contributed by atoms with Crippen LogP contribution in [0.15, 0.2) is 0 Å². The number of nitrogens with one attached hydrogen (secondary N) is 1. The predicted molar refractivity (Wildman–Crippen MR) is 58.2 cm³/mol. The van der Waals surface area contributed by atoms with Gasteiger partial charge in [0.2, 0.25) is 0 Å². The molecule has 3 nitrogen and oxygen atoms in total. The number of nitrogens with zero attached hydrogens (tertiary/aromatic N) is 1. The van der Waals surface area contributed by atoms with Gasteiger partial charge < -0.3 is 15.0 Å². The van der Waals surface area contributed by atoms with E-state index in [-0.39, 0.29) is 0 Å². The minimum Gasteiger partial charge on any atom is -0.379 e. The number of hydrogen-bond donors (Lipinski definition) is 1. The molecule has 2 saturated heterocycles. The van der Waals surface area contributed by atoms with Crippen molar-refractivity contribution in [3.8, 4) is 12.3 Å². The molecular weight excluding hydrogens is 176 g/mol. The number of hydrogen-bond acceptors (Lipinski definition) is 3. The number of likely N-dealkylation sites (N-methyl/N-ethyl adjacent to an activating group) is 1. The molecule has 0 saturated carbocycles. The third-order valence-corrected chi connectivity index (χ3v) is 2.50. The average Bonchev–Trinajstić information content (AvgIpc) is 2.72. The third kappa shape index (κ3) is 4.61. The maximum Gasteiger partial charge on any atom is 0.0687 e. The Hall–Kier alpha value is -0.560. The highest BCUT2D eigenvalue weighted by Crippen LogP contribution is 2.01. The van der Waals surface area contributed by atoms with Crippen molar-refractivity contribution in [2.75, 3.05) is 39.9 Å². The first-order valence-corrected chi connectivity index (χ1v) is 5.28. The van der Waals surface area contributed by atoms with Crippen molar-refractivity contribution in [3.63, 3.8) is 0 Å². The summed E-state index contributed by atoms with van der Waals surface area (Å²) in [5, 5.41) is 3.17. The van der Waals surface area contributed by atoms with Crippen molar-refractivity contribution < 1.29 is 4.74 Å². The number of terminal acetylenes is 1. The molecule has 0 aliphatic carbocycles. The van der Waals surface area contributed by atoms with E-state index in [0.29, 0.717) is 6.04 Å². The summed E-state index contributed by atoms with van der Waals surface area (Å²) in [6, 6.07) is 0.375. The summed E-state index contributed by atoms with van der Waals surface area (Å²) in [6.07, 6.45) is 7.53. The van der Waals surface area contributed by atoms with Gasteiger partial charge in [-0.3, -0.25) is 0 Å². The average molecular weight is 196 g/mol. The number of rotatable bonds is 0.